The molecule has 0 aliphatic carbocycles. The molecule has 1 atom stereocenters. The number of hydrogen-bond donors (Lipinski definition) is 1. The summed E-state index contributed by atoms with van der Waals surface area (Å²) < 4.78 is 41.1. The molecule has 0 saturated heterocycles. The Morgan fingerprint density at radius 3 is 2.41 bits per heavy atom. The fourth-order valence-corrected chi connectivity index (χ4v) is 4.34. The third-order valence-corrected chi connectivity index (χ3v) is 5.34. The van der Waals surface area contributed by atoms with Crippen LogP contribution in [-0.4, -0.2) is 14.5 Å². The molecule has 0 fully saturated rings. The minimum Gasteiger partial charge on any atom is -0.323 e. The van der Waals surface area contributed by atoms with Crippen molar-refractivity contribution in [3.63, 3.8) is 0 Å². The minimum absolute atomic E-state index is 0.316. The van der Waals surface area contributed by atoms with Gasteiger partial charge in [-0.25, -0.2) is 17.1 Å². The lowest BCUT2D eigenvalue weighted by Crippen LogP contribution is -2.40. The van der Waals surface area contributed by atoms with Gasteiger partial charge in [0.2, 0.25) is 0 Å². The number of sulfonamides is 1. The van der Waals surface area contributed by atoms with Crippen molar-refractivity contribution < 1.29 is 12.8 Å². The molecular formula is C16H15FN2O2S. The summed E-state index contributed by atoms with van der Waals surface area (Å²) in [4.78, 5) is -0.316. The first kappa shape index (κ1) is 14.7. The van der Waals surface area contributed by atoms with E-state index in [1.54, 1.807) is 49.4 Å². The zero-order valence-electron chi connectivity index (χ0n) is 11.9. The third kappa shape index (κ3) is 2.20. The second kappa shape index (κ2) is 5.23. The van der Waals surface area contributed by atoms with Crippen LogP contribution in [0.5, 0.6) is 0 Å². The molecule has 1 aliphatic heterocycles. The van der Waals surface area contributed by atoms with Crippen molar-refractivity contribution in [1.29, 1.82) is 0 Å². The monoisotopic (exact) mass is 318 g/mol. The molecule has 1 unspecified atom stereocenters. The summed E-state index contributed by atoms with van der Waals surface area (Å²) in [6, 6.07) is 12.2. The van der Waals surface area contributed by atoms with Gasteiger partial charge in [0.1, 0.15) is 10.7 Å². The second-order valence-electron chi connectivity index (χ2n) is 5.12. The van der Waals surface area contributed by atoms with Gasteiger partial charge in [0.05, 0.1) is 11.4 Å². The zero-order valence-corrected chi connectivity index (χ0v) is 12.7. The summed E-state index contributed by atoms with van der Waals surface area (Å²) in [5.74, 6) is -0.765. The van der Waals surface area contributed by atoms with E-state index in [4.69, 9.17) is 5.73 Å². The molecule has 114 valence electrons. The van der Waals surface area contributed by atoms with E-state index in [0.717, 1.165) is 10.4 Å². The number of halogens is 1. The summed E-state index contributed by atoms with van der Waals surface area (Å²) in [6.45, 7) is 1.70. The Kier molecular flexibility index (Phi) is 3.50. The van der Waals surface area contributed by atoms with Crippen molar-refractivity contribution in [3.8, 4) is 0 Å². The fourth-order valence-electron chi connectivity index (χ4n) is 2.53. The molecule has 0 radical (unpaired) electrons. The number of nitrogens with two attached hydrogens (primary N) is 1. The highest BCUT2D eigenvalue weighted by Gasteiger charge is 2.37. The van der Waals surface area contributed by atoms with Gasteiger partial charge in [0.25, 0.3) is 10.0 Å². The molecule has 1 aliphatic rings. The van der Waals surface area contributed by atoms with Gasteiger partial charge >= 0.3 is 0 Å². The van der Waals surface area contributed by atoms with E-state index in [1.165, 1.54) is 6.07 Å². The van der Waals surface area contributed by atoms with Crippen molar-refractivity contribution in [2.24, 2.45) is 5.73 Å². The summed E-state index contributed by atoms with van der Waals surface area (Å²) >= 11 is 0. The number of rotatable bonds is 2. The minimum atomic E-state index is -4.05. The van der Waals surface area contributed by atoms with E-state index in [0.29, 0.717) is 16.9 Å². The van der Waals surface area contributed by atoms with Crippen LogP contribution in [0, 0.1) is 5.82 Å². The lowest BCUT2D eigenvalue weighted by atomic mass is 10.1. The van der Waals surface area contributed by atoms with Gasteiger partial charge in [0, 0.05) is 6.04 Å². The van der Waals surface area contributed by atoms with E-state index in [-0.39, 0.29) is 4.90 Å². The van der Waals surface area contributed by atoms with Gasteiger partial charge < -0.3 is 5.73 Å². The zero-order chi connectivity index (χ0) is 15.9. The topological polar surface area (TPSA) is 63.4 Å². The first-order valence-electron chi connectivity index (χ1n) is 6.79. The van der Waals surface area contributed by atoms with Gasteiger partial charge in [-0.3, -0.25) is 0 Å². The van der Waals surface area contributed by atoms with E-state index in [2.05, 4.69) is 0 Å². The molecule has 1 heterocycles. The highest BCUT2D eigenvalue weighted by atomic mass is 32.2. The molecule has 6 heteroatoms. The van der Waals surface area contributed by atoms with Crippen LogP contribution in [-0.2, 0) is 10.0 Å². The van der Waals surface area contributed by atoms with Crippen molar-refractivity contribution in [3.05, 3.63) is 65.6 Å². The van der Waals surface area contributed by atoms with Crippen molar-refractivity contribution in [2.45, 2.75) is 17.9 Å². The second-order valence-corrected chi connectivity index (χ2v) is 6.84. The SMILES string of the molecule is CC(N)C1=Cc2cccc(F)c2S(=O)(=O)N1c1ccccc1. The molecule has 22 heavy (non-hydrogen) atoms. The lowest BCUT2D eigenvalue weighted by Gasteiger charge is -2.33. The van der Waals surface area contributed by atoms with Crippen LogP contribution < -0.4 is 10.0 Å². The molecule has 3 rings (SSSR count). The maximum atomic E-state index is 14.1. The molecule has 0 saturated carbocycles. The predicted octanol–water partition coefficient (Wildman–Crippen LogP) is 2.72. The Hall–Kier alpha value is -2.18. The largest absolute Gasteiger partial charge is 0.323 e. The first-order valence-corrected chi connectivity index (χ1v) is 8.23. The number of benzene rings is 2. The van der Waals surface area contributed by atoms with Crippen LogP contribution in [0.3, 0.4) is 0 Å². The summed E-state index contributed by atoms with van der Waals surface area (Å²) in [5, 5.41) is 0. The normalized spacial score (nSPS) is 17.6. The average Bonchev–Trinajstić information content (AvgIpc) is 2.46. The predicted molar refractivity (Wildman–Crippen MR) is 84.1 cm³/mol. The molecule has 0 aromatic heterocycles. The number of nitrogens with zero attached hydrogens (tertiary/aromatic N) is 1. The third-order valence-electron chi connectivity index (χ3n) is 3.49. The fraction of sp³-hybridized carbons (Fsp3) is 0.125. The Morgan fingerprint density at radius 1 is 1.09 bits per heavy atom. The molecule has 2 N–H and O–H groups in total. The standard InChI is InChI=1S/C16H15FN2O2S/c1-11(18)15-10-12-6-5-9-14(17)16(12)22(20,21)19(15)13-7-3-2-4-8-13/h2-11H,18H2,1H3. The number of anilines is 1. The van der Waals surface area contributed by atoms with Crippen molar-refractivity contribution >= 4 is 21.8 Å². The van der Waals surface area contributed by atoms with Crippen LogP contribution in [0.25, 0.3) is 6.08 Å². The number of fused-ring (bicyclic) bond motifs is 1. The molecular weight excluding hydrogens is 303 g/mol. The van der Waals surface area contributed by atoms with E-state index < -0.39 is 21.9 Å². The van der Waals surface area contributed by atoms with Crippen molar-refractivity contribution in [2.75, 3.05) is 4.31 Å². The maximum Gasteiger partial charge on any atom is 0.271 e. The summed E-state index contributed by atoms with van der Waals surface area (Å²) in [7, 11) is -4.05. The summed E-state index contributed by atoms with van der Waals surface area (Å²) in [6.07, 6.45) is 1.62. The van der Waals surface area contributed by atoms with Crippen LogP contribution in [0.2, 0.25) is 0 Å². The van der Waals surface area contributed by atoms with Gasteiger partial charge in [-0.05, 0) is 36.8 Å². The number of para-hydroxylation sites is 1. The van der Waals surface area contributed by atoms with Crippen LogP contribution in [0.15, 0.2) is 59.1 Å². The molecule has 2 aromatic rings. The number of hydrogen-bond acceptors (Lipinski definition) is 3. The van der Waals surface area contributed by atoms with Crippen LogP contribution >= 0.6 is 0 Å². The Bertz CT molecular complexity index is 846. The molecule has 0 spiro atoms. The van der Waals surface area contributed by atoms with E-state index >= 15 is 0 Å². The first-order chi connectivity index (χ1) is 10.4. The molecule has 4 nitrogen and oxygen atoms in total. The van der Waals surface area contributed by atoms with Gasteiger partial charge in [-0.1, -0.05) is 30.3 Å². The maximum absolute atomic E-state index is 14.1. The smallest absolute Gasteiger partial charge is 0.271 e. The molecule has 0 bridgehead atoms. The van der Waals surface area contributed by atoms with Gasteiger partial charge in [0.15, 0.2) is 0 Å². The quantitative estimate of drug-likeness (QED) is 0.926. The van der Waals surface area contributed by atoms with Gasteiger partial charge in [-0.2, -0.15) is 0 Å². The van der Waals surface area contributed by atoms with Crippen LogP contribution in [0.1, 0.15) is 12.5 Å². The van der Waals surface area contributed by atoms with Crippen molar-refractivity contribution in [1.82, 2.24) is 0 Å². The lowest BCUT2D eigenvalue weighted by molar-refractivity contribution is 0.562. The van der Waals surface area contributed by atoms with Gasteiger partial charge in [-0.15, -0.1) is 0 Å². The highest BCUT2D eigenvalue weighted by molar-refractivity contribution is 7.93. The molecule has 2 aromatic carbocycles. The Morgan fingerprint density at radius 2 is 1.77 bits per heavy atom. The highest BCUT2D eigenvalue weighted by Crippen LogP contribution is 2.37. The summed E-state index contributed by atoms with van der Waals surface area (Å²) in [5.41, 5.74) is 7.10. The Balaban J connectivity index is 2.33. The van der Waals surface area contributed by atoms with E-state index in [1.807, 2.05) is 0 Å². The average molecular weight is 318 g/mol. The van der Waals surface area contributed by atoms with E-state index in [9.17, 15) is 12.8 Å². The Labute approximate surface area is 128 Å². The molecule has 0 amide bonds. The van der Waals surface area contributed by atoms with Crippen LogP contribution in [0.4, 0.5) is 10.1 Å².